The first kappa shape index (κ1) is 17.5. The molecule has 2 aromatic rings. The summed E-state index contributed by atoms with van der Waals surface area (Å²) < 4.78 is 0. The van der Waals surface area contributed by atoms with Crippen molar-refractivity contribution >= 4 is 29.7 Å². The maximum absolute atomic E-state index is 5.36. The largest absolute Gasteiger partial charge is 0.369 e. The van der Waals surface area contributed by atoms with E-state index < -0.39 is 0 Å². The molecule has 22 heavy (non-hydrogen) atoms. The summed E-state index contributed by atoms with van der Waals surface area (Å²) >= 11 is 0. The Kier molecular flexibility index (Phi) is 6.86. The van der Waals surface area contributed by atoms with Crippen molar-refractivity contribution in [1.29, 1.82) is 0 Å². The summed E-state index contributed by atoms with van der Waals surface area (Å²) in [4.78, 5) is 0. The van der Waals surface area contributed by atoms with Crippen LogP contribution in [-0.2, 0) is 0 Å². The van der Waals surface area contributed by atoms with Crippen molar-refractivity contribution in [2.45, 2.75) is 6.92 Å². The van der Waals surface area contributed by atoms with Gasteiger partial charge in [-0.3, -0.25) is 0 Å². The average molecular weight is 315 g/mol. The van der Waals surface area contributed by atoms with Crippen LogP contribution in [0.5, 0.6) is 0 Å². The lowest BCUT2D eigenvalue weighted by molar-refractivity contribution is 1.20. The number of hydrogen-bond donors (Lipinski definition) is 2. The van der Waals surface area contributed by atoms with Gasteiger partial charge in [0.25, 0.3) is 0 Å². The number of nitrogens with zero attached hydrogens (tertiary/aromatic N) is 2. The summed E-state index contributed by atoms with van der Waals surface area (Å²) in [5.74, 6) is -0.0609. The molecule has 0 saturated carbocycles. The van der Waals surface area contributed by atoms with Crippen LogP contribution in [-0.4, -0.2) is 11.7 Å². The highest BCUT2D eigenvalue weighted by Gasteiger charge is 2.02. The van der Waals surface area contributed by atoms with Crippen LogP contribution in [0.1, 0.15) is 18.1 Å². The van der Waals surface area contributed by atoms with E-state index in [9.17, 15) is 0 Å². The molecule has 0 bridgehead atoms. The first-order valence-corrected chi connectivity index (χ1v) is 6.62. The summed E-state index contributed by atoms with van der Waals surface area (Å²) in [7, 11) is 0. The van der Waals surface area contributed by atoms with Gasteiger partial charge in [-0.25, -0.2) is 0 Å². The van der Waals surface area contributed by atoms with E-state index >= 15 is 0 Å². The molecule has 2 aromatic carbocycles. The summed E-state index contributed by atoms with van der Waals surface area (Å²) in [6.45, 7) is 2.03. The lowest BCUT2D eigenvalue weighted by atomic mass is 10.0. The van der Waals surface area contributed by atoms with Crippen LogP contribution in [0.3, 0.4) is 0 Å². The Morgan fingerprint density at radius 2 is 1.32 bits per heavy atom. The van der Waals surface area contributed by atoms with Crippen LogP contribution < -0.4 is 11.5 Å². The highest BCUT2D eigenvalue weighted by molar-refractivity contribution is 6.12. The van der Waals surface area contributed by atoms with Gasteiger partial charge in [-0.15, -0.1) is 22.6 Å². The fraction of sp³-hybridized carbons (Fsp3) is 0.0588. The summed E-state index contributed by atoms with van der Waals surface area (Å²) in [5, 5.41) is 7.90. The second-order valence-corrected chi connectivity index (χ2v) is 4.57. The monoisotopic (exact) mass is 314 g/mol. The molecule has 0 saturated heterocycles. The van der Waals surface area contributed by atoms with Gasteiger partial charge in [0.05, 0.1) is 5.71 Å². The van der Waals surface area contributed by atoms with E-state index in [1.807, 2.05) is 61.5 Å². The molecule has 0 heterocycles. The molecule has 0 aromatic heterocycles. The van der Waals surface area contributed by atoms with Gasteiger partial charge in [0.2, 0.25) is 5.96 Å². The SMILES string of the molecule is C/C(=C/C(=N\N=C(N)N)c1ccccc1)c1ccccc1.Cl. The van der Waals surface area contributed by atoms with Gasteiger partial charge in [-0.05, 0) is 24.1 Å². The Morgan fingerprint density at radius 3 is 1.82 bits per heavy atom. The number of guanidine groups is 1. The van der Waals surface area contributed by atoms with E-state index in [-0.39, 0.29) is 18.4 Å². The molecule has 4 N–H and O–H groups in total. The minimum absolute atomic E-state index is 0. The van der Waals surface area contributed by atoms with Gasteiger partial charge >= 0.3 is 0 Å². The number of hydrogen-bond acceptors (Lipinski definition) is 2. The van der Waals surface area contributed by atoms with Gasteiger partial charge in [0.15, 0.2) is 0 Å². The van der Waals surface area contributed by atoms with Crippen LogP contribution in [0.15, 0.2) is 76.9 Å². The molecule has 114 valence electrons. The molecular formula is C17H19ClN4. The predicted octanol–water partition coefficient (Wildman–Crippen LogP) is 3.19. The first-order chi connectivity index (χ1) is 10.2. The van der Waals surface area contributed by atoms with Crippen LogP contribution in [0.25, 0.3) is 5.57 Å². The third-order valence-electron chi connectivity index (χ3n) is 2.93. The summed E-state index contributed by atoms with van der Waals surface area (Å²) in [5.41, 5.74) is 14.6. The average Bonchev–Trinajstić information content (AvgIpc) is 2.52. The van der Waals surface area contributed by atoms with Crippen molar-refractivity contribution < 1.29 is 0 Å². The molecule has 4 nitrogen and oxygen atoms in total. The fourth-order valence-electron chi connectivity index (χ4n) is 1.88. The zero-order chi connectivity index (χ0) is 15.1. The van der Waals surface area contributed by atoms with Gasteiger partial charge in [-0.2, -0.15) is 0 Å². The second kappa shape index (κ2) is 8.64. The number of allylic oxidation sites excluding steroid dienone is 2. The van der Waals surface area contributed by atoms with Gasteiger partial charge < -0.3 is 11.5 Å². The first-order valence-electron chi connectivity index (χ1n) is 6.62. The van der Waals surface area contributed by atoms with Crippen LogP contribution in [0, 0.1) is 0 Å². The second-order valence-electron chi connectivity index (χ2n) is 4.57. The standard InChI is InChI=1S/C17H18N4.ClH/c1-13(14-8-4-2-5-9-14)12-16(20-21-17(18)19)15-10-6-3-7-11-15;/h2-12H,1H3,(H4,18,19,21);1H/b13-12-,20-16+;. The van der Waals surface area contributed by atoms with E-state index in [1.54, 1.807) is 0 Å². The van der Waals surface area contributed by atoms with Crippen molar-refractivity contribution in [3.05, 3.63) is 77.9 Å². The fourth-order valence-corrected chi connectivity index (χ4v) is 1.88. The Labute approximate surface area is 136 Å². The maximum Gasteiger partial charge on any atom is 0.211 e. The van der Waals surface area contributed by atoms with E-state index in [2.05, 4.69) is 22.3 Å². The lowest BCUT2D eigenvalue weighted by Crippen LogP contribution is -2.22. The molecule has 0 aliphatic rings. The minimum atomic E-state index is -0.0609. The van der Waals surface area contributed by atoms with Gasteiger partial charge in [0.1, 0.15) is 0 Å². The highest BCUT2D eigenvalue weighted by Crippen LogP contribution is 2.15. The maximum atomic E-state index is 5.36. The number of benzene rings is 2. The van der Waals surface area contributed by atoms with E-state index in [1.165, 1.54) is 0 Å². The number of halogens is 1. The molecule has 0 atom stereocenters. The Hall–Kier alpha value is -2.59. The van der Waals surface area contributed by atoms with Crippen molar-refractivity contribution in [1.82, 2.24) is 0 Å². The zero-order valence-corrected chi connectivity index (χ0v) is 13.1. The molecule has 0 fully saturated rings. The van der Waals surface area contributed by atoms with Crippen molar-refractivity contribution in [2.75, 3.05) is 0 Å². The summed E-state index contributed by atoms with van der Waals surface area (Å²) in [6, 6.07) is 19.9. The van der Waals surface area contributed by atoms with E-state index in [4.69, 9.17) is 11.5 Å². The number of nitrogens with two attached hydrogens (primary N) is 2. The third kappa shape index (κ3) is 5.07. The Balaban J connectivity index is 0.00000242. The Morgan fingerprint density at radius 1 is 0.818 bits per heavy atom. The normalized spacial score (nSPS) is 11.5. The van der Waals surface area contributed by atoms with Crippen LogP contribution in [0.4, 0.5) is 0 Å². The van der Waals surface area contributed by atoms with Crippen molar-refractivity contribution in [3.63, 3.8) is 0 Å². The molecule has 0 amide bonds. The van der Waals surface area contributed by atoms with Crippen molar-refractivity contribution in [3.8, 4) is 0 Å². The molecule has 0 aliphatic carbocycles. The smallest absolute Gasteiger partial charge is 0.211 e. The van der Waals surface area contributed by atoms with E-state index in [0.29, 0.717) is 5.71 Å². The Bertz CT molecular complexity index is 672. The zero-order valence-electron chi connectivity index (χ0n) is 12.3. The lowest BCUT2D eigenvalue weighted by Gasteiger charge is -2.04. The van der Waals surface area contributed by atoms with Crippen LogP contribution >= 0.6 is 12.4 Å². The molecule has 0 aliphatic heterocycles. The predicted molar refractivity (Wildman–Crippen MR) is 96.1 cm³/mol. The molecular weight excluding hydrogens is 296 g/mol. The quantitative estimate of drug-likeness (QED) is 0.516. The van der Waals surface area contributed by atoms with Gasteiger partial charge in [-0.1, -0.05) is 60.7 Å². The van der Waals surface area contributed by atoms with Crippen molar-refractivity contribution in [2.24, 2.45) is 21.7 Å². The van der Waals surface area contributed by atoms with Gasteiger partial charge in [0, 0.05) is 5.56 Å². The molecule has 5 heteroatoms. The number of rotatable bonds is 4. The molecule has 0 radical (unpaired) electrons. The minimum Gasteiger partial charge on any atom is -0.369 e. The van der Waals surface area contributed by atoms with Crippen LogP contribution in [0.2, 0.25) is 0 Å². The third-order valence-corrected chi connectivity index (χ3v) is 2.93. The molecule has 2 rings (SSSR count). The molecule has 0 spiro atoms. The highest BCUT2D eigenvalue weighted by atomic mass is 35.5. The summed E-state index contributed by atoms with van der Waals surface area (Å²) in [6.07, 6.45) is 1.97. The topological polar surface area (TPSA) is 76.8 Å². The molecule has 0 unspecified atom stereocenters. The van der Waals surface area contributed by atoms with E-state index in [0.717, 1.165) is 16.7 Å².